The number of carbonyl (C=O) groups is 1. The fourth-order valence-electron chi connectivity index (χ4n) is 1.40. The number of nitrogens with zero attached hydrogens (tertiary/aromatic N) is 1. The second-order valence-corrected chi connectivity index (χ2v) is 2.81. The molecule has 0 radical (unpaired) electrons. The van der Waals surface area contributed by atoms with Crippen LogP contribution in [0.1, 0.15) is 0 Å². The Morgan fingerprint density at radius 3 is 2.86 bits per heavy atom. The minimum Gasteiger partial charge on any atom is -0.490 e. The van der Waals surface area contributed by atoms with Crippen LogP contribution in [0.4, 0.5) is 10.5 Å². The Labute approximate surface area is 88.0 Å². The summed E-state index contributed by atoms with van der Waals surface area (Å²) >= 11 is 0. The lowest BCUT2D eigenvalue weighted by Gasteiger charge is -2.27. The highest BCUT2D eigenvalue weighted by Crippen LogP contribution is 2.30. The SMILES string of the molecule is Cl.NC(=O)N1CCOc2ccccc21. The molecule has 0 atom stereocenters. The molecule has 5 heteroatoms. The molecule has 1 aliphatic heterocycles. The average molecular weight is 215 g/mol. The average Bonchev–Trinajstić information content (AvgIpc) is 2.17. The van der Waals surface area contributed by atoms with E-state index in [4.69, 9.17) is 10.5 Å². The van der Waals surface area contributed by atoms with Crippen molar-refractivity contribution in [2.24, 2.45) is 5.73 Å². The number of para-hydroxylation sites is 2. The van der Waals surface area contributed by atoms with Gasteiger partial charge < -0.3 is 10.5 Å². The fraction of sp³-hybridized carbons (Fsp3) is 0.222. The van der Waals surface area contributed by atoms with Gasteiger partial charge in [0.2, 0.25) is 0 Å². The Kier molecular flexibility index (Phi) is 3.19. The molecule has 0 unspecified atom stereocenters. The van der Waals surface area contributed by atoms with Crippen molar-refractivity contribution in [1.29, 1.82) is 0 Å². The van der Waals surface area contributed by atoms with E-state index in [-0.39, 0.29) is 12.4 Å². The predicted molar refractivity (Wildman–Crippen MR) is 56.1 cm³/mol. The number of anilines is 1. The molecule has 0 saturated heterocycles. The number of hydrogen-bond acceptors (Lipinski definition) is 2. The zero-order valence-electron chi connectivity index (χ0n) is 7.47. The molecule has 2 N–H and O–H groups in total. The maximum atomic E-state index is 11.0. The van der Waals surface area contributed by atoms with Gasteiger partial charge in [0.15, 0.2) is 0 Å². The maximum Gasteiger partial charge on any atom is 0.319 e. The monoisotopic (exact) mass is 214 g/mol. The molecule has 1 aliphatic rings. The van der Waals surface area contributed by atoms with Crippen molar-refractivity contribution in [2.75, 3.05) is 18.1 Å². The standard InChI is InChI=1S/C9H10N2O2.ClH/c10-9(12)11-5-6-13-8-4-2-1-3-7(8)11;/h1-4H,5-6H2,(H2,10,12);1H. The number of urea groups is 1. The maximum absolute atomic E-state index is 11.0. The van der Waals surface area contributed by atoms with E-state index in [0.29, 0.717) is 18.9 Å². The number of amides is 2. The summed E-state index contributed by atoms with van der Waals surface area (Å²) in [6, 6.07) is 6.92. The third-order valence-electron chi connectivity index (χ3n) is 1.99. The van der Waals surface area contributed by atoms with Gasteiger partial charge in [-0.15, -0.1) is 12.4 Å². The molecular weight excluding hydrogens is 204 g/mol. The first kappa shape index (κ1) is 10.7. The third-order valence-corrected chi connectivity index (χ3v) is 1.99. The van der Waals surface area contributed by atoms with Crippen molar-refractivity contribution in [3.8, 4) is 5.75 Å². The second-order valence-electron chi connectivity index (χ2n) is 2.81. The van der Waals surface area contributed by atoms with E-state index in [0.717, 1.165) is 5.69 Å². The molecule has 1 heterocycles. The van der Waals surface area contributed by atoms with E-state index < -0.39 is 6.03 Å². The van der Waals surface area contributed by atoms with E-state index in [1.807, 2.05) is 24.3 Å². The van der Waals surface area contributed by atoms with Crippen LogP contribution in [0.25, 0.3) is 0 Å². The molecular formula is C9H11ClN2O2. The van der Waals surface area contributed by atoms with Gasteiger partial charge >= 0.3 is 6.03 Å². The van der Waals surface area contributed by atoms with Crippen LogP contribution in [0, 0.1) is 0 Å². The number of hydrogen-bond donors (Lipinski definition) is 1. The lowest BCUT2D eigenvalue weighted by molar-refractivity contribution is 0.247. The Hall–Kier alpha value is -1.42. The molecule has 0 bridgehead atoms. The summed E-state index contributed by atoms with van der Waals surface area (Å²) < 4.78 is 5.35. The largest absolute Gasteiger partial charge is 0.490 e. The summed E-state index contributed by atoms with van der Waals surface area (Å²) in [6.07, 6.45) is 0. The van der Waals surface area contributed by atoms with Crippen LogP contribution in [-0.4, -0.2) is 19.2 Å². The predicted octanol–water partition coefficient (Wildman–Crippen LogP) is 1.39. The third kappa shape index (κ3) is 1.75. The minimum atomic E-state index is -0.434. The smallest absolute Gasteiger partial charge is 0.319 e. The second kappa shape index (κ2) is 4.19. The number of primary amides is 1. The number of halogens is 1. The quantitative estimate of drug-likeness (QED) is 0.710. The zero-order valence-corrected chi connectivity index (χ0v) is 8.29. The molecule has 1 aromatic rings. The van der Waals surface area contributed by atoms with Crippen molar-refractivity contribution in [3.05, 3.63) is 24.3 Å². The first-order valence-electron chi connectivity index (χ1n) is 4.08. The highest BCUT2D eigenvalue weighted by molar-refractivity contribution is 5.92. The van der Waals surface area contributed by atoms with Crippen LogP contribution < -0.4 is 15.4 Å². The number of carbonyl (C=O) groups excluding carboxylic acids is 1. The number of ether oxygens (including phenoxy) is 1. The summed E-state index contributed by atoms with van der Waals surface area (Å²) in [5.41, 5.74) is 5.96. The van der Waals surface area contributed by atoms with Crippen molar-refractivity contribution >= 4 is 24.1 Å². The van der Waals surface area contributed by atoms with Gasteiger partial charge in [0, 0.05) is 0 Å². The Morgan fingerprint density at radius 1 is 1.43 bits per heavy atom. The highest BCUT2D eigenvalue weighted by atomic mass is 35.5. The van der Waals surface area contributed by atoms with Gasteiger partial charge in [0.25, 0.3) is 0 Å². The van der Waals surface area contributed by atoms with E-state index in [2.05, 4.69) is 0 Å². The topological polar surface area (TPSA) is 55.6 Å². The summed E-state index contributed by atoms with van der Waals surface area (Å²) in [4.78, 5) is 12.5. The lowest BCUT2D eigenvalue weighted by atomic mass is 10.2. The molecule has 4 nitrogen and oxygen atoms in total. The number of fused-ring (bicyclic) bond motifs is 1. The number of rotatable bonds is 0. The number of benzene rings is 1. The molecule has 1 aromatic carbocycles. The van der Waals surface area contributed by atoms with Crippen LogP contribution in [0.15, 0.2) is 24.3 Å². The summed E-state index contributed by atoms with van der Waals surface area (Å²) in [5.74, 6) is 0.715. The molecule has 2 rings (SSSR count). The highest BCUT2D eigenvalue weighted by Gasteiger charge is 2.20. The van der Waals surface area contributed by atoms with Crippen molar-refractivity contribution in [1.82, 2.24) is 0 Å². The molecule has 0 aromatic heterocycles. The molecule has 0 spiro atoms. The molecule has 0 saturated carbocycles. The minimum absolute atomic E-state index is 0. The van der Waals surface area contributed by atoms with Gasteiger partial charge in [0.1, 0.15) is 12.4 Å². The summed E-state index contributed by atoms with van der Waals surface area (Å²) in [6.45, 7) is 1.02. The Morgan fingerprint density at radius 2 is 2.14 bits per heavy atom. The first-order valence-corrected chi connectivity index (χ1v) is 4.08. The van der Waals surface area contributed by atoms with Crippen LogP contribution >= 0.6 is 12.4 Å². The number of nitrogens with two attached hydrogens (primary N) is 1. The van der Waals surface area contributed by atoms with Crippen LogP contribution in [-0.2, 0) is 0 Å². The van der Waals surface area contributed by atoms with Gasteiger partial charge in [-0.3, -0.25) is 4.90 Å². The van der Waals surface area contributed by atoms with Gasteiger partial charge in [-0.25, -0.2) is 4.79 Å². The Bertz CT molecular complexity index is 343. The van der Waals surface area contributed by atoms with Crippen molar-refractivity contribution in [3.63, 3.8) is 0 Å². The Balaban J connectivity index is 0.000000980. The molecule has 14 heavy (non-hydrogen) atoms. The van der Waals surface area contributed by atoms with Gasteiger partial charge in [0.05, 0.1) is 12.2 Å². The molecule has 2 amide bonds. The van der Waals surface area contributed by atoms with Crippen LogP contribution in [0.3, 0.4) is 0 Å². The van der Waals surface area contributed by atoms with E-state index in [1.165, 1.54) is 4.90 Å². The molecule has 76 valence electrons. The lowest BCUT2D eigenvalue weighted by Crippen LogP contribution is -2.41. The first-order chi connectivity index (χ1) is 6.29. The van der Waals surface area contributed by atoms with E-state index in [9.17, 15) is 4.79 Å². The van der Waals surface area contributed by atoms with Crippen LogP contribution in [0.2, 0.25) is 0 Å². The van der Waals surface area contributed by atoms with Crippen molar-refractivity contribution < 1.29 is 9.53 Å². The van der Waals surface area contributed by atoms with E-state index in [1.54, 1.807) is 0 Å². The van der Waals surface area contributed by atoms with E-state index >= 15 is 0 Å². The molecule has 0 fully saturated rings. The summed E-state index contributed by atoms with van der Waals surface area (Å²) in [5, 5.41) is 0. The molecule has 0 aliphatic carbocycles. The van der Waals surface area contributed by atoms with Gasteiger partial charge in [-0.2, -0.15) is 0 Å². The van der Waals surface area contributed by atoms with Gasteiger partial charge in [-0.05, 0) is 12.1 Å². The fourth-order valence-corrected chi connectivity index (χ4v) is 1.40. The summed E-state index contributed by atoms with van der Waals surface area (Å²) in [7, 11) is 0. The van der Waals surface area contributed by atoms with Crippen molar-refractivity contribution in [2.45, 2.75) is 0 Å². The van der Waals surface area contributed by atoms with Crippen LogP contribution in [0.5, 0.6) is 5.75 Å². The van der Waals surface area contributed by atoms with Gasteiger partial charge in [-0.1, -0.05) is 12.1 Å². The normalized spacial score (nSPS) is 13.6. The zero-order chi connectivity index (χ0) is 9.26.